The summed E-state index contributed by atoms with van der Waals surface area (Å²) in [7, 11) is 1.56. The first-order valence-corrected chi connectivity index (χ1v) is 8.80. The van der Waals surface area contributed by atoms with E-state index in [4.69, 9.17) is 9.47 Å². The fourth-order valence-electron chi connectivity index (χ4n) is 3.48. The van der Waals surface area contributed by atoms with Gasteiger partial charge >= 0.3 is 6.09 Å². The standard InChI is InChI=1S/C18H27N3O3/c1-19-18(22)24-16-6-4-15(5-7-16)17-3-2-8-21(17)10-9-20-11-13-23-14-12-20/h4-7,17H,2-3,8-14H2,1H3,(H,19,22). The Hall–Kier alpha value is -1.63. The summed E-state index contributed by atoms with van der Waals surface area (Å²) in [5.74, 6) is 0.580. The third kappa shape index (κ3) is 4.47. The third-order valence-electron chi connectivity index (χ3n) is 4.85. The Kier molecular flexibility index (Phi) is 6.07. The highest BCUT2D eigenvalue weighted by molar-refractivity contribution is 5.69. The van der Waals surface area contributed by atoms with E-state index < -0.39 is 6.09 Å². The van der Waals surface area contributed by atoms with Crippen LogP contribution in [0.4, 0.5) is 4.79 Å². The van der Waals surface area contributed by atoms with Gasteiger partial charge in [0.2, 0.25) is 0 Å². The predicted octanol–water partition coefficient (Wildman–Crippen LogP) is 1.87. The average molecular weight is 333 g/mol. The summed E-state index contributed by atoms with van der Waals surface area (Å²) < 4.78 is 10.6. The zero-order valence-corrected chi connectivity index (χ0v) is 14.4. The van der Waals surface area contributed by atoms with E-state index in [1.807, 2.05) is 12.1 Å². The monoisotopic (exact) mass is 333 g/mol. The van der Waals surface area contributed by atoms with Crippen LogP contribution in [-0.2, 0) is 4.74 Å². The number of nitrogens with zero attached hydrogens (tertiary/aromatic N) is 2. The van der Waals surface area contributed by atoms with E-state index in [2.05, 4.69) is 27.2 Å². The molecule has 132 valence electrons. The van der Waals surface area contributed by atoms with Crippen LogP contribution >= 0.6 is 0 Å². The van der Waals surface area contributed by atoms with Crippen LogP contribution in [0.15, 0.2) is 24.3 Å². The lowest BCUT2D eigenvalue weighted by Crippen LogP contribution is -2.41. The second-order valence-corrected chi connectivity index (χ2v) is 6.36. The minimum atomic E-state index is -0.434. The summed E-state index contributed by atoms with van der Waals surface area (Å²) in [6, 6.07) is 8.39. The number of hydrogen-bond acceptors (Lipinski definition) is 5. The molecule has 3 rings (SSSR count). The normalized spacial score (nSPS) is 22.5. The van der Waals surface area contributed by atoms with Crippen molar-refractivity contribution >= 4 is 6.09 Å². The molecule has 2 fully saturated rings. The Morgan fingerprint density at radius 2 is 1.96 bits per heavy atom. The van der Waals surface area contributed by atoms with Gasteiger partial charge in [-0.3, -0.25) is 9.80 Å². The van der Waals surface area contributed by atoms with Gasteiger partial charge in [0.1, 0.15) is 5.75 Å². The van der Waals surface area contributed by atoms with Crippen LogP contribution in [0.2, 0.25) is 0 Å². The van der Waals surface area contributed by atoms with E-state index in [0.717, 1.165) is 45.9 Å². The summed E-state index contributed by atoms with van der Waals surface area (Å²) in [6.07, 6.45) is 2.00. The van der Waals surface area contributed by atoms with Gasteiger partial charge in [0.05, 0.1) is 13.2 Å². The van der Waals surface area contributed by atoms with Gasteiger partial charge in [-0.2, -0.15) is 0 Å². The molecule has 6 nitrogen and oxygen atoms in total. The first-order chi connectivity index (χ1) is 11.8. The van der Waals surface area contributed by atoms with Crippen molar-refractivity contribution in [3.8, 4) is 5.75 Å². The van der Waals surface area contributed by atoms with Gasteiger partial charge in [-0.1, -0.05) is 12.1 Å². The zero-order chi connectivity index (χ0) is 16.8. The van der Waals surface area contributed by atoms with Crippen molar-refractivity contribution in [1.29, 1.82) is 0 Å². The number of benzene rings is 1. The summed E-state index contributed by atoms with van der Waals surface area (Å²) in [6.45, 7) is 7.17. The maximum absolute atomic E-state index is 11.3. The molecule has 2 aliphatic heterocycles. The molecule has 1 N–H and O–H groups in total. The van der Waals surface area contributed by atoms with Gasteiger partial charge in [0.15, 0.2) is 0 Å². The van der Waals surface area contributed by atoms with Crippen LogP contribution < -0.4 is 10.1 Å². The molecule has 1 amide bonds. The van der Waals surface area contributed by atoms with Gasteiger partial charge in [-0.25, -0.2) is 4.79 Å². The van der Waals surface area contributed by atoms with Gasteiger partial charge in [-0.15, -0.1) is 0 Å². The predicted molar refractivity (Wildman–Crippen MR) is 92.3 cm³/mol. The maximum Gasteiger partial charge on any atom is 0.412 e. The molecule has 0 radical (unpaired) electrons. The second kappa shape index (κ2) is 8.46. The number of carbonyl (C=O) groups is 1. The van der Waals surface area contributed by atoms with Gasteiger partial charge in [-0.05, 0) is 37.1 Å². The van der Waals surface area contributed by atoms with Crippen molar-refractivity contribution in [2.24, 2.45) is 0 Å². The minimum Gasteiger partial charge on any atom is -0.410 e. The Morgan fingerprint density at radius 3 is 2.67 bits per heavy atom. The first kappa shape index (κ1) is 17.2. The molecule has 2 aliphatic rings. The maximum atomic E-state index is 11.3. The van der Waals surface area contributed by atoms with Crippen LogP contribution in [-0.4, -0.2) is 68.9 Å². The van der Waals surface area contributed by atoms with Crippen molar-refractivity contribution < 1.29 is 14.3 Å². The van der Waals surface area contributed by atoms with Gasteiger partial charge in [0.25, 0.3) is 0 Å². The first-order valence-electron chi connectivity index (χ1n) is 8.80. The van der Waals surface area contributed by atoms with E-state index in [-0.39, 0.29) is 0 Å². The number of ether oxygens (including phenoxy) is 2. The molecule has 1 unspecified atom stereocenters. The largest absolute Gasteiger partial charge is 0.412 e. The summed E-state index contributed by atoms with van der Waals surface area (Å²) in [5, 5.41) is 2.46. The van der Waals surface area contributed by atoms with Crippen LogP contribution in [0.3, 0.4) is 0 Å². The number of rotatable bonds is 5. The fraction of sp³-hybridized carbons (Fsp3) is 0.611. The lowest BCUT2D eigenvalue weighted by Gasteiger charge is -2.31. The van der Waals surface area contributed by atoms with Crippen molar-refractivity contribution in [3.63, 3.8) is 0 Å². The van der Waals surface area contributed by atoms with Crippen LogP contribution in [0.1, 0.15) is 24.4 Å². The Balaban J connectivity index is 1.55. The lowest BCUT2D eigenvalue weighted by atomic mass is 10.0. The molecule has 2 heterocycles. The van der Waals surface area contributed by atoms with Gasteiger partial charge in [0, 0.05) is 39.3 Å². The molecule has 1 aromatic rings. The molecule has 0 bridgehead atoms. The highest BCUT2D eigenvalue weighted by atomic mass is 16.5. The van der Waals surface area contributed by atoms with Crippen molar-refractivity contribution in [2.75, 3.05) is 53.0 Å². The molecular formula is C18H27N3O3. The average Bonchev–Trinajstić information content (AvgIpc) is 3.10. The van der Waals surface area contributed by atoms with Crippen molar-refractivity contribution in [2.45, 2.75) is 18.9 Å². The van der Waals surface area contributed by atoms with Crippen molar-refractivity contribution in [1.82, 2.24) is 15.1 Å². The van der Waals surface area contributed by atoms with E-state index in [1.165, 1.54) is 18.4 Å². The molecular weight excluding hydrogens is 306 g/mol. The number of likely N-dealkylation sites (tertiary alicyclic amines) is 1. The highest BCUT2D eigenvalue weighted by Gasteiger charge is 2.26. The fourth-order valence-corrected chi connectivity index (χ4v) is 3.48. The second-order valence-electron chi connectivity index (χ2n) is 6.36. The number of morpholine rings is 1. The van der Waals surface area contributed by atoms with Crippen LogP contribution in [0.5, 0.6) is 5.75 Å². The number of carbonyl (C=O) groups excluding carboxylic acids is 1. The number of hydrogen-bond donors (Lipinski definition) is 1. The molecule has 1 aromatic carbocycles. The highest BCUT2D eigenvalue weighted by Crippen LogP contribution is 2.32. The number of nitrogens with one attached hydrogen (secondary N) is 1. The molecule has 1 atom stereocenters. The molecule has 0 aromatic heterocycles. The minimum absolute atomic E-state index is 0.434. The van der Waals surface area contributed by atoms with E-state index in [0.29, 0.717) is 11.8 Å². The quantitative estimate of drug-likeness (QED) is 0.892. The summed E-state index contributed by atoms with van der Waals surface area (Å²) >= 11 is 0. The Bertz CT molecular complexity index is 529. The van der Waals surface area contributed by atoms with Crippen LogP contribution in [0.25, 0.3) is 0 Å². The molecule has 0 aliphatic carbocycles. The molecule has 24 heavy (non-hydrogen) atoms. The smallest absolute Gasteiger partial charge is 0.410 e. The van der Waals surface area contributed by atoms with Gasteiger partial charge < -0.3 is 14.8 Å². The summed E-state index contributed by atoms with van der Waals surface area (Å²) in [4.78, 5) is 16.3. The Morgan fingerprint density at radius 1 is 1.21 bits per heavy atom. The SMILES string of the molecule is CNC(=O)Oc1ccc(C2CCCN2CCN2CCOCC2)cc1. The van der Waals surface area contributed by atoms with E-state index in [9.17, 15) is 4.79 Å². The molecule has 0 saturated carbocycles. The molecule has 2 saturated heterocycles. The topological polar surface area (TPSA) is 54.0 Å². The Labute approximate surface area is 143 Å². The van der Waals surface area contributed by atoms with E-state index in [1.54, 1.807) is 7.05 Å². The van der Waals surface area contributed by atoms with Crippen LogP contribution in [0, 0.1) is 0 Å². The molecule has 6 heteroatoms. The number of amides is 1. The summed E-state index contributed by atoms with van der Waals surface area (Å²) in [5.41, 5.74) is 1.30. The molecule has 0 spiro atoms. The lowest BCUT2D eigenvalue weighted by molar-refractivity contribution is 0.0327. The van der Waals surface area contributed by atoms with E-state index >= 15 is 0 Å². The third-order valence-corrected chi connectivity index (χ3v) is 4.85. The zero-order valence-electron chi connectivity index (χ0n) is 14.4. The van der Waals surface area contributed by atoms with Crippen molar-refractivity contribution in [3.05, 3.63) is 29.8 Å².